The van der Waals surface area contributed by atoms with Crippen molar-refractivity contribution < 1.29 is 38.6 Å². The Labute approximate surface area is 276 Å². The van der Waals surface area contributed by atoms with E-state index >= 15 is 0 Å². The molecule has 4 amide bonds. The number of alkyl carbamates (subject to hydrolysis) is 2. The fraction of sp³-hybridized carbons (Fsp3) is 0.514. The molecular formula is C35H48N4O8. The Balaban J connectivity index is 1.58. The van der Waals surface area contributed by atoms with Gasteiger partial charge in [-0.1, -0.05) is 62.4 Å². The zero-order valence-corrected chi connectivity index (χ0v) is 27.9. The van der Waals surface area contributed by atoms with Crippen molar-refractivity contribution in [1.29, 1.82) is 0 Å². The van der Waals surface area contributed by atoms with Crippen LogP contribution in [0.5, 0.6) is 0 Å². The minimum Gasteiger partial charge on any atom is -0.481 e. The number of unbranched alkanes of at least 4 members (excludes halogenated alkanes) is 1. The number of ether oxygens (including phenoxy) is 2. The van der Waals surface area contributed by atoms with Crippen molar-refractivity contribution in [2.45, 2.75) is 90.3 Å². The van der Waals surface area contributed by atoms with Gasteiger partial charge in [-0.15, -0.1) is 0 Å². The molecule has 0 unspecified atom stereocenters. The smallest absolute Gasteiger partial charge is 0.407 e. The molecule has 0 bridgehead atoms. The molecule has 2 aromatic rings. The normalized spacial score (nSPS) is 13.5. The first-order valence-corrected chi connectivity index (χ1v) is 16.1. The molecule has 0 aliphatic heterocycles. The first-order valence-electron chi connectivity index (χ1n) is 16.1. The number of benzene rings is 2. The van der Waals surface area contributed by atoms with Gasteiger partial charge in [0.25, 0.3) is 0 Å². The van der Waals surface area contributed by atoms with Crippen LogP contribution in [-0.4, -0.2) is 72.5 Å². The minimum absolute atomic E-state index is 0.0883. The topological polar surface area (TPSA) is 172 Å². The summed E-state index contributed by atoms with van der Waals surface area (Å²) >= 11 is 0. The van der Waals surface area contributed by atoms with Crippen LogP contribution in [0.4, 0.5) is 9.59 Å². The maximum Gasteiger partial charge on any atom is 0.407 e. The van der Waals surface area contributed by atoms with Crippen molar-refractivity contribution in [1.82, 2.24) is 21.3 Å². The third-order valence-electron chi connectivity index (χ3n) is 7.65. The molecule has 0 spiro atoms. The number of aliphatic carboxylic acids is 1. The van der Waals surface area contributed by atoms with Gasteiger partial charge in [0.2, 0.25) is 11.8 Å². The van der Waals surface area contributed by atoms with Gasteiger partial charge in [-0.3, -0.25) is 14.4 Å². The van der Waals surface area contributed by atoms with Crippen LogP contribution in [0, 0.1) is 5.92 Å². The van der Waals surface area contributed by atoms with Crippen LogP contribution in [0.25, 0.3) is 11.1 Å². The molecule has 12 nitrogen and oxygen atoms in total. The monoisotopic (exact) mass is 652 g/mol. The second-order valence-corrected chi connectivity index (χ2v) is 13.0. The third kappa shape index (κ3) is 11.6. The molecule has 2 aromatic carbocycles. The highest BCUT2D eigenvalue weighted by Crippen LogP contribution is 2.44. The number of carboxylic acids is 1. The number of carbonyl (C=O) groups excluding carboxylic acids is 4. The van der Waals surface area contributed by atoms with Crippen molar-refractivity contribution in [2.75, 3.05) is 19.7 Å². The van der Waals surface area contributed by atoms with Crippen molar-refractivity contribution in [2.24, 2.45) is 5.92 Å². The predicted octanol–water partition coefficient (Wildman–Crippen LogP) is 4.71. The number of hydrogen-bond acceptors (Lipinski definition) is 7. The highest BCUT2D eigenvalue weighted by atomic mass is 16.6. The summed E-state index contributed by atoms with van der Waals surface area (Å²) in [6.07, 6.45) is 0.0922. The summed E-state index contributed by atoms with van der Waals surface area (Å²) in [6, 6.07) is 14.1. The Kier molecular flexibility index (Phi) is 13.6. The maximum atomic E-state index is 13.4. The molecule has 2 atom stereocenters. The molecule has 3 rings (SSSR count). The van der Waals surface area contributed by atoms with Gasteiger partial charge in [0, 0.05) is 25.4 Å². The highest BCUT2D eigenvalue weighted by Gasteiger charge is 2.32. The molecule has 12 heteroatoms. The fourth-order valence-electron chi connectivity index (χ4n) is 5.38. The van der Waals surface area contributed by atoms with E-state index in [1.54, 1.807) is 34.6 Å². The van der Waals surface area contributed by atoms with Crippen LogP contribution >= 0.6 is 0 Å². The van der Waals surface area contributed by atoms with E-state index in [0.717, 1.165) is 22.3 Å². The SMILES string of the molecule is CC(C)[C@H](NC(=O)OCC1c2ccccc2-c2ccccc21)C(=O)N[C@@H](CCCCNC(=O)OC(C)(C)C)C(=O)NCCCC(=O)O. The Morgan fingerprint density at radius 3 is 1.96 bits per heavy atom. The first kappa shape index (κ1) is 36.9. The minimum atomic E-state index is -0.984. The van der Waals surface area contributed by atoms with E-state index in [-0.39, 0.29) is 44.2 Å². The molecule has 1 aliphatic carbocycles. The number of hydrogen-bond donors (Lipinski definition) is 5. The van der Waals surface area contributed by atoms with Gasteiger partial charge in [0.15, 0.2) is 0 Å². The predicted molar refractivity (Wildman–Crippen MR) is 177 cm³/mol. The van der Waals surface area contributed by atoms with Crippen LogP contribution in [-0.2, 0) is 23.9 Å². The van der Waals surface area contributed by atoms with E-state index in [9.17, 15) is 24.0 Å². The average molecular weight is 653 g/mol. The molecular weight excluding hydrogens is 604 g/mol. The summed E-state index contributed by atoms with van der Waals surface area (Å²) in [7, 11) is 0. The van der Waals surface area contributed by atoms with Crippen LogP contribution in [0.15, 0.2) is 48.5 Å². The van der Waals surface area contributed by atoms with Crippen LogP contribution < -0.4 is 21.3 Å². The maximum absolute atomic E-state index is 13.4. The van der Waals surface area contributed by atoms with E-state index in [1.165, 1.54) is 0 Å². The van der Waals surface area contributed by atoms with Gasteiger partial charge < -0.3 is 35.8 Å². The Morgan fingerprint density at radius 1 is 0.787 bits per heavy atom. The van der Waals surface area contributed by atoms with E-state index in [0.29, 0.717) is 19.4 Å². The third-order valence-corrected chi connectivity index (χ3v) is 7.65. The van der Waals surface area contributed by atoms with Crippen LogP contribution in [0.1, 0.15) is 83.8 Å². The van der Waals surface area contributed by atoms with Crippen LogP contribution in [0.2, 0.25) is 0 Å². The summed E-state index contributed by atoms with van der Waals surface area (Å²) < 4.78 is 10.9. The number of carbonyl (C=O) groups is 5. The second-order valence-electron chi connectivity index (χ2n) is 13.0. The summed E-state index contributed by atoms with van der Waals surface area (Å²) in [6.45, 7) is 9.38. The zero-order chi connectivity index (χ0) is 34.6. The van der Waals surface area contributed by atoms with E-state index in [2.05, 4.69) is 21.3 Å². The van der Waals surface area contributed by atoms with Gasteiger partial charge in [-0.05, 0) is 74.6 Å². The molecule has 5 N–H and O–H groups in total. The lowest BCUT2D eigenvalue weighted by Gasteiger charge is -2.25. The van der Waals surface area contributed by atoms with Crippen LogP contribution in [0.3, 0.4) is 0 Å². The van der Waals surface area contributed by atoms with Crippen molar-refractivity contribution in [3.8, 4) is 11.1 Å². The van der Waals surface area contributed by atoms with Gasteiger partial charge in [0.1, 0.15) is 24.3 Å². The lowest BCUT2D eigenvalue weighted by molar-refractivity contribution is -0.137. The number of nitrogens with one attached hydrogen (secondary N) is 4. The Hall–Kier alpha value is -4.61. The number of fused-ring (bicyclic) bond motifs is 3. The van der Waals surface area contributed by atoms with Crippen molar-refractivity contribution >= 4 is 30.0 Å². The van der Waals surface area contributed by atoms with E-state index in [4.69, 9.17) is 14.6 Å². The summed E-state index contributed by atoms with van der Waals surface area (Å²) in [5.74, 6) is -2.45. The average Bonchev–Trinajstić information content (AvgIpc) is 3.32. The molecule has 1 aliphatic rings. The standard InChI is InChI=1S/C35H48N4O8/c1-22(2)30(39-34(45)46-21-27-25-15-8-6-13-23(25)24-14-7-9-16-26(24)27)32(43)38-28(31(42)36-20-12-18-29(40)41)17-10-11-19-37-33(44)47-35(3,4)5/h6-9,13-16,22,27-28,30H,10-12,17-21H2,1-5H3,(H,36,42)(H,37,44)(H,38,43)(H,39,45)(H,40,41)/t28-,30-/m0/s1. The molecule has 47 heavy (non-hydrogen) atoms. The Morgan fingerprint density at radius 2 is 1.38 bits per heavy atom. The van der Waals surface area contributed by atoms with E-state index in [1.807, 2.05) is 48.5 Å². The molecule has 0 aromatic heterocycles. The van der Waals surface area contributed by atoms with Crippen molar-refractivity contribution in [3.05, 3.63) is 59.7 Å². The summed E-state index contributed by atoms with van der Waals surface area (Å²) in [5.41, 5.74) is 3.71. The lowest BCUT2D eigenvalue weighted by atomic mass is 9.98. The largest absolute Gasteiger partial charge is 0.481 e. The van der Waals surface area contributed by atoms with Gasteiger partial charge in [-0.25, -0.2) is 9.59 Å². The fourth-order valence-corrected chi connectivity index (χ4v) is 5.38. The molecule has 256 valence electrons. The van der Waals surface area contributed by atoms with Gasteiger partial charge >= 0.3 is 18.2 Å². The van der Waals surface area contributed by atoms with E-state index < -0.39 is 47.7 Å². The molecule has 0 saturated heterocycles. The summed E-state index contributed by atoms with van der Waals surface area (Å²) in [4.78, 5) is 62.3. The first-order chi connectivity index (χ1) is 22.3. The highest BCUT2D eigenvalue weighted by molar-refractivity contribution is 5.91. The Bertz CT molecular complexity index is 1360. The molecule has 0 heterocycles. The summed E-state index contributed by atoms with van der Waals surface area (Å²) in [5, 5.41) is 19.7. The molecule has 0 fully saturated rings. The quantitative estimate of drug-likeness (QED) is 0.162. The number of amides is 4. The molecule has 0 saturated carbocycles. The lowest BCUT2D eigenvalue weighted by Crippen LogP contribution is -2.55. The number of carboxylic acid groups (broad SMARTS) is 1. The van der Waals surface area contributed by atoms with Gasteiger partial charge in [-0.2, -0.15) is 0 Å². The van der Waals surface area contributed by atoms with Gasteiger partial charge in [0.05, 0.1) is 0 Å². The molecule has 0 radical (unpaired) electrons. The number of rotatable bonds is 16. The second kappa shape index (κ2) is 17.3. The zero-order valence-electron chi connectivity index (χ0n) is 27.9. The van der Waals surface area contributed by atoms with Crippen molar-refractivity contribution in [3.63, 3.8) is 0 Å².